The van der Waals surface area contributed by atoms with Gasteiger partial charge in [0, 0.05) is 31.2 Å². The maximum atomic E-state index is 11.9. The second-order valence-electron chi connectivity index (χ2n) is 5.79. The van der Waals surface area contributed by atoms with Gasteiger partial charge in [-0.2, -0.15) is 0 Å². The third-order valence-corrected chi connectivity index (χ3v) is 4.35. The molecule has 0 bridgehead atoms. The molecule has 0 spiro atoms. The number of fused-ring (bicyclic) bond motifs is 1. The Kier molecular flexibility index (Phi) is 3.72. The fraction of sp³-hybridized carbons (Fsp3) is 0.211. The van der Waals surface area contributed by atoms with Crippen molar-refractivity contribution >= 4 is 11.1 Å². The molecule has 126 valence electrons. The second-order valence-corrected chi connectivity index (χ2v) is 5.79. The Balaban J connectivity index is 1.81. The highest BCUT2D eigenvalue weighted by molar-refractivity contribution is 5.76. The van der Waals surface area contributed by atoms with Crippen molar-refractivity contribution in [1.29, 1.82) is 0 Å². The lowest BCUT2D eigenvalue weighted by Gasteiger charge is -2.08. The number of benzene rings is 1. The highest BCUT2D eigenvalue weighted by Gasteiger charge is 2.12. The summed E-state index contributed by atoms with van der Waals surface area (Å²) in [5, 5.41) is 0. The molecule has 6 nitrogen and oxygen atoms in total. The van der Waals surface area contributed by atoms with E-state index in [0.29, 0.717) is 12.1 Å². The molecule has 0 amide bonds. The van der Waals surface area contributed by atoms with Gasteiger partial charge in [0.05, 0.1) is 11.2 Å². The maximum Gasteiger partial charge on any atom is 0.419 e. The highest BCUT2D eigenvalue weighted by Crippen LogP contribution is 2.23. The van der Waals surface area contributed by atoms with Gasteiger partial charge in [0.25, 0.3) is 0 Å². The molecule has 0 radical (unpaired) electrons. The van der Waals surface area contributed by atoms with Gasteiger partial charge in [0.15, 0.2) is 11.4 Å². The molecule has 4 rings (SSSR count). The largest absolute Gasteiger partial charge is 0.419 e. The number of aryl methyl sites for hydroxylation is 2. The summed E-state index contributed by atoms with van der Waals surface area (Å²) in [5.74, 6) is 0.414. The minimum Gasteiger partial charge on any atom is -0.408 e. The minimum atomic E-state index is -0.336. The molecule has 0 aliphatic rings. The van der Waals surface area contributed by atoms with Crippen LogP contribution in [-0.2, 0) is 13.0 Å². The standard InChI is InChI=1S/C19H18N4O2/c1-3-13-5-7-15(21-12-13)18-20-9-10-23(18)14-6-8-16-17(11-14)25-19(24)22(16)4-2/h5-12H,3-4H2,1-2H3. The predicted octanol–water partition coefficient (Wildman–Crippen LogP) is 3.42. The molecule has 4 aromatic rings. The summed E-state index contributed by atoms with van der Waals surface area (Å²) in [6.45, 7) is 4.60. The van der Waals surface area contributed by atoms with E-state index in [1.54, 1.807) is 10.8 Å². The first-order chi connectivity index (χ1) is 12.2. The monoisotopic (exact) mass is 334 g/mol. The Morgan fingerprint density at radius 2 is 2.00 bits per heavy atom. The van der Waals surface area contributed by atoms with Crippen molar-refractivity contribution in [3.05, 3.63) is 65.0 Å². The van der Waals surface area contributed by atoms with E-state index < -0.39 is 0 Å². The average molecular weight is 334 g/mol. The lowest BCUT2D eigenvalue weighted by Crippen LogP contribution is -2.11. The Bertz CT molecular complexity index is 1090. The van der Waals surface area contributed by atoms with E-state index in [2.05, 4.69) is 23.0 Å². The van der Waals surface area contributed by atoms with Crippen LogP contribution in [-0.4, -0.2) is 19.1 Å². The quantitative estimate of drug-likeness (QED) is 0.573. The fourth-order valence-corrected chi connectivity index (χ4v) is 2.97. The van der Waals surface area contributed by atoms with E-state index in [9.17, 15) is 4.79 Å². The number of aromatic nitrogens is 4. The number of nitrogens with zero attached hydrogens (tertiary/aromatic N) is 4. The van der Waals surface area contributed by atoms with Gasteiger partial charge >= 0.3 is 5.76 Å². The van der Waals surface area contributed by atoms with Gasteiger partial charge in [-0.15, -0.1) is 0 Å². The highest BCUT2D eigenvalue weighted by atomic mass is 16.4. The van der Waals surface area contributed by atoms with E-state index in [4.69, 9.17) is 4.42 Å². The summed E-state index contributed by atoms with van der Waals surface area (Å²) < 4.78 is 8.91. The van der Waals surface area contributed by atoms with Crippen molar-refractivity contribution in [2.75, 3.05) is 0 Å². The molecule has 6 heteroatoms. The Hall–Kier alpha value is -3.15. The lowest BCUT2D eigenvalue weighted by molar-refractivity contribution is 0.513. The third kappa shape index (κ3) is 2.55. The fourth-order valence-electron chi connectivity index (χ4n) is 2.97. The molecule has 0 atom stereocenters. The van der Waals surface area contributed by atoms with Crippen LogP contribution in [0.5, 0.6) is 0 Å². The number of hydrogen-bond donors (Lipinski definition) is 0. The molecule has 3 aromatic heterocycles. The molecule has 0 fully saturated rings. The molecule has 1 aromatic carbocycles. The van der Waals surface area contributed by atoms with Gasteiger partial charge in [0.1, 0.15) is 5.69 Å². The van der Waals surface area contributed by atoms with Crippen LogP contribution < -0.4 is 5.76 Å². The Morgan fingerprint density at radius 3 is 2.72 bits per heavy atom. The van der Waals surface area contributed by atoms with Crippen molar-refractivity contribution in [3.8, 4) is 17.2 Å². The molecule has 0 aliphatic carbocycles. The number of pyridine rings is 1. The number of imidazole rings is 1. The van der Waals surface area contributed by atoms with Crippen LogP contribution in [0.1, 0.15) is 19.4 Å². The van der Waals surface area contributed by atoms with Crippen LogP contribution in [0, 0.1) is 0 Å². The average Bonchev–Trinajstić information content (AvgIpc) is 3.24. The molecule has 25 heavy (non-hydrogen) atoms. The van der Waals surface area contributed by atoms with Gasteiger partial charge in [-0.25, -0.2) is 9.78 Å². The summed E-state index contributed by atoms with van der Waals surface area (Å²) in [6.07, 6.45) is 6.44. The smallest absolute Gasteiger partial charge is 0.408 e. The summed E-state index contributed by atoms with van der Waals surface area (Å²) in [4.78, 5) is 20.8. The van der Waals surface area contributed by atoms with Crippen LogP contribution in [0.4, 0.5) is 0 Å². The minimum absolute atomic E-state index is 0.336. The summed E-state index contributed by atoms with van der Waals surface area (Å²) in [5.41, 5.74) is 4.22. The van der Waals surface area contributed by atoms with E-state index in [1.165, 1.54) is 5.56 Å². The second kappa shape index (κ2) is 6.05. The Morgan fingerprint density at radius 1 is 1.12 bits per heavy atom. The number of rotatable bonds is 4. The van der Waals surface area contributed by atoms with E-state index in [1.807, 2.05) is 48.1 Å². The topological polar surface area (TPSA) is 65.8 Å². The van der Waals surface area contributed by atoms with Crippen LogP contribution in [0.15, 0.2) is 58.1 Å². The summed E-state index contributed by atoms with van der Waals surface area (Å²) in [6, 6.07) is 9.74. The zero-order valence-corrected chi connectivity index (χ0v) is 14.1. The predicted molar refractivity (Wildman–Crippen MR) is 95.9 cm³/mol. The first-order valence-corrected chi connectivity index (χ1v) is 8.33. The SMILES string of the molecule is CCc1ccc(-c2nccn2-c2ccc3c(c2)oc(=O)n3CC)nc1. The number of oxazole rings is 1. The molecule has 0 saturated carbocycles. The molecular weight excluding hydrogens is 316 g/mol. The Labute approximate surface area is 144 Å². The van der Waals surface area contributed by atoms with Gasteiger partial charge in [-0.3, -0.25) is 14.1 Å². The molecule has 0 unspecified atom stereocenters. The molecule has 0 N–H and O–H groups in total. The number of hydrogen-bond acceptors (Lipinski definition) is 4. The van der Waals surface area contributed by atoms with E-state index in [-0.39, 0.29) is 5.76 Å². The summed E-state index contributed by atoms with van der Waals surface area (Å²) >= 11 is 0. The van der Waals surface area contributed by atoms with E-state index in [0.717, 1.165) is 29.1 Å². The van der Waals surface area contributed by atoms with Crippen LogP contribution >= 0.6 is 0 Å². The zero-order valence-electron chi connectivity index (χ0n) is 14.1. The summed E-state index contributed by atoms with van der Waals surface area (Å²) in [7, 11) is 0. The molecule has 0 saturated heterocycles. The van der Waals surface area contributed by atoms with Crippen LogP contribution in [0.25, 0.3) is 28.3 Å². The lowest BCUT2D eigenvalue weighted by atomic mass is 10.2. The van der Waals surface area contributed by atoms with Gasteiger partial charge in [0.2, 0.25) is 0 Å². The molecular formula is C19H18N4O2. The molecule has 0 aliphatic heterocycles. The third-order valence-electron chi connectivity index (χ3n) is 4.35. The zero-order chi connectivity index (χ0) is 17.4. The maximum absolute atomic E-state index is 11.9. The van der Waals surface area contributed by atoms with Crippen molar-refractivity contribution in [3.63, 3.8) is 0 Å². The van der Waals surface area contributed by atoms with E-state index >= 15 is 0 Å². The van der Waals surface area contributed by atoms with Crippen molar-refractivity contribution in [2.45, 2.75) is 26.8 Å². The van der Waals surface area contributed by atoms with Crippen molar-refractivity contribution in [1.82, 2.24) is 19.1 Å². The van der Waals surface area contributed by atoms with Gasteiger partial charge in [-0.05, 0) is 37.1 Å². The van der Waals surface area contributed by atoms with Crippen molar-refractivity contribution in [2.24, 2.45) is 0 Å². The van der Waals surface area contributed by atoms with Crippen LogP contribution in [0.3, 0.4) is 0 Å². The van der Waals surface area contributed by atoms with Crippen molar-refractivity contribution < 1.29 is 4.42 Å². The van der Waals surface area contributed by atoms with Gasteiger partial charge < -0.3 is 4.42 Å². The van der Waals surface area contributed by atoms with Crippen LogP contribution in [0.2, 0.25) is 0 Å². The first-order valence-electron chi connectivity index (χ1n) is 8.33. The first kappa shape index (κ1) is 15.4. The normalized spacial score (nSPS) is 11.3. The molecule has 3 heterocycles. The van der Waals surface area contributed by atoms with Gasteiger partial charge in [-0.1, -0.05) is 13.0 Å².